The zero-order chi connectivity index (χ0) is 14.2. The highest BCUT2D eigenvalue weighted by atomic mass is 32.2. The first-order valence-corrected chi connectivity index (χ1v) is 8.42. The number of hydrogen-bond donors (Lipinski definition) is 2. The van der Waals surface area contributed by atoms with Gasteiger partial charge in [0, 0.05) is 31.7 Å². The monoisotopic (exact) mass is 279 g/mol. The van der Waals surface area contributed by atoms with Crippen LogP contribution in [0.4, 0.5) is 0 Å². The Morgan fingerprint density at radius 3 is 2.17 bits per heavy atom. The summed E-state index contributed by atoms with van der Waals surface area (Å²) in [4.78, 5) is 0. The largest absolute Gasteiger partial charge is 0.315 e. The average molecular weight is 279 g/mol. The smallest absolute Gasteiger partial charge is 0.211 e. The molecule has 0 rings (SSSR count). The van der Waals surface area contributed by atoms with Crippen LogP contribution in [-0.2, 0) is 10.0 Å². The van der Waals surface area contributed by atoms with Gasteiger partial charge in [0.25, 0.3) is 0 Å². The molecule has 0 unspecified atom stereocenters. The van der Waals surface area contributed by atoms with Crippen molar-refractivity contribution < 1.29 is 8.42 Å². The Morgan fingerprint density at radius 2 is 1.72 bits per heavy atom. The predicted molar refractivity (Wildman–Crippen MR) is 77.3 cm³/mol. The van der Waals surface area contributed by atoms with Crippen LogP contribution in [0.1, 0.15) is 34.1 Å². The van der Waals surface area contributed by atoms with Crippen molar-refractivity contribution in [3.8, 4) is 0 Å². The summed E-state index contributed by atoms with van der Waals surface area (Å²) in [6.45, 7) is 12.1. The SMILES string of the molecule is CCN(CCCNCCNC(C)(C)C)S(C)(=O)=O. The third-order valence-corrected chi connectivity index (χ3v) is 3.92. The van der Waals surface area contributed by atoms with Crippen molar-refractivity contribution >= 4 is 10.0 Å². The lowest BCUT2D eigenvalue weighted by Crippen LogP contribution is -2.40. The molecule has 0 aliphatic heterocycles. The van der Waals surface area contributed by atoms with E-state index < -0.39 is 10.0 Å². The Labute approximate surface area is 112 Å². The van der Waals surface area contributed by atoms with Crippen molar-refractivity contribution in [1.82, 2.24) is 14.9 Å². The maximum Gasteiger partial charge on any atom is 0.211 e. The molecule has 0 aromatic heterocycles. The van der Waals surface area contributed by atoms with E-state index in [-0.39, 0.29) is 5.54 Å². The molecule has 0 aromatic rings. The molecule has 0 saturated carbocycles. The molecule has 0 radical (unpaired) electrons. The molecule has 0 bridgehead atoms. The molecular formula is C12H29N3O2S. The zero-order valence-corrected chi connectivity index (χ0v) is 13.2. The van der Waals surface area contributed by atoms with E-state index in [0.717, 1.165) is 26.1 Å². The van der Waals surface area contributed by atoms with Gasteiger partial charge in [0.05, 0.1) is 6.26 Å². The van der Waals surface area contributed by atoms with Crippen LogP contribution in [0.3, 0.4) is 0 Å². The van der Waals surface area contributed by atoms with Gasteiger partial charge in [0.15, 0.2) is 0 Å². The molecule has 0 aliphatic rings. The minimum atomic E-state index is -3.04. The summed E-state index contributed by atoms with van der Waals surface area (Å²) in [5.74, 6) is 0. The van der Waals surface area contributed by atoms with Gasteiger partial charge in [-0.3, -0.25) is 0 Å². The van der Waals surface area contributed by atoms with E-state index in [9.17, 15) is 8.42 Å². The fourth-order valence-corrected chi connectivity index (χ4v) is 2.52. The summed E-state index contributed by atoms with van der Waals surface area (Å²) >= 11 is 0. The molecule has 0 amide bonds. The van der Waals surface area contributed by atoms with Crippen LogP contribution in [-0.4, -0.2) is 57.2 Å². The van der Waals surface area contributed by atoms with Gasteiger partial charge in [-0.1, -0.05) is 6.92 Å². The second-order valence-electron chi connectivity index (χ2n) is 5.53. The first kappa shape index (κ1) is 17.8. The van der Waals surface area contributed by atoms with Crippen molar-refractivity contribution in [3.05, 3.63) is 0 Å². The Hall–Kier alpha value is -0.170. The van der Waals surface area contributed by atoms with Gasteiger partial charge >= 0.3 is 0 Å². The third kappa shape index (κ3) is 9.82. The van der Waals surface area contributed by atoms with E-state index in [0.29, 0.717) is 13.1 Å². The fourth-order valence-electron chi connectivity index (χ4n) is 1.59. The Balaban J connectivity index is 3.57. The molecule has 0 heterocycles. The molecule has 0 saturated heterocycles. The summed E-state index contributed by atoms with van der Waals surface area (Å²) in [6.07, 6.45) is 2.10. The molecule has 5 nitrogen and oxygen atoms in total. The lowest BCUT2D eigenvalue weighted by Gasteiger charge is -2.21. The van der Waals surface area contributed by atoms with E-state index in [1.165, 1.54) is 10.6 Å². The highest BCUT2D eigenvalue weighted by Gasteiger charge is 2.12. The zero-order valence-electron chi connectivity index (χ0n) is 12.4. The van der Waals surface area contributed by atoms with Gasteiger partial charge in [-0.15, -0.1) is 0 Å². The Bertz CT molecular complexity index is 310. The van der Waals surface area contributed by atoms with E-state index in [4.69, 9.17) is 0 Å². The summed E-state index contributed by atoms with van der Waals surface area (Å²) < 4.78 is 24.2. The molecule has 0 atom stereocenters. The lowest BCUT2D eigenvalue weighted by molar-refractivity contribution is 0.406. The molecule has 0 aliphatic carbocycles. The summed E-state index contributed by atoms with van der Waals surface area (Å²) in [6, 6.07) is 0. The standard InChI is InChI=1S/C12H29N3O2S/c1-6-15(18(5,16)17)11-7-8-13-9-10-14-12(2,3)4/h13-14H,6-11H2,1-5H3. The van der Waals surface area contributed by atoms with Crippen LogP contribution < -0.4 is 10.6 Å². The van der Waals surface area contributed by atoms with Gasteiger partial charge in [-0.05, 0) is 33.7 Å². The Kier molecular flexibility index (Phi) is 8.02. The van der Waals surface area contributed by atoms with Gasteiger partial charge in [-0.25, -0.2) is 12.7 Å². The second kappa shape index (κ2) is 8.09. The summed E-state index contributed by atoms with van der Waals surface area (Å²) in [7, 11) is -3.04. The third-order valence-electron chi connectivity index (χ3n) is 2.54. The van der Waals surface area contributed by atoms with Gasteiger partial charge in [-0.2, -0.15) is 0 Å². The molecule has 2 N–H and O–H groups in total. The van der Waals surface area contributed by atoms with Crippen LogP contribution >= 0.6 is 0 Å². The van der Waals surface area contributed by atoms with Crippen molar-refractivity contribution in [2.24, 2.45) is 0 Å². The number of rotatable bonds is 9. The molecular weight excluding hydrogens is 250 g/mol. The minimum Gasteiger partial charge on any atom is -0.315 e. The van der Waals surface area contributed by atoms with Crippen LogP contribution in [0.25, 0.3) is 0 Å². The van der Waals surface area contributed by atoms with Crippen LogP contribution in [0.5, 0.6) is 0 Å². The van der Waals surface area contributed by atoms with Gasteiger partial charge in [0.2, 0.25) is 10.0 Å². The van der Waals surface area contributed by atoms with Crippen molar-refractivity contribution in [3.63, 3.8) is 0 Å². The molecule has 110 valence electrons. The maximum atomic E-state index is 11.3. The minimum absolute atomic E-state index is 0.150. The van der Waals surface area contributed by atoms with E-state index in [1.807, 2.05) is 6.92 Å². The van der Waals surface area contributed by atoms with E-state index in [1.54, 1.807) is 0 Å². The first-order valence-electron chi connectivity index (χ1n) is 6.57. The molecule has 0 fully saturated rings. The van der Waals surface area contributed by atoms with Crippen LogP contribution in [0, 0.1) is 0 Å². The van der Waals surface area contributed by atoms with Crippen LogP contribution in [0.15, 0.2) is 0 Å². The molecule has 0 spiro atoms. The first-order chi connectivity index (χ1) is 8.17. The van der Waals surface area contributed by atoms with E-state index >= 15 is 0 Å². The Morgan fingerprint density at radius 1 is 1.11 bits per heavy atom. The number of nitrogens with zero attached hydrogens (tertiary/aromatic N) is 1. The normalized spacial score (nSPS) is 13.2. The summed E-state index contributed by atoms with van der Waals surface area (Å²) in [5, 5.41) is 6.69. The summed E-state index contributed by atoms with van der Waals surface area (Å²) in [5.41, 5.74) is 0.150. The van der Waals surface area contributed by atoms with Gasteiger partial charge in [0.1, 0.15) is 0 Å². The fraction of sp³-hybridized carbons (Fsp3) is 1.00. The number of hydrogen-bond acceptors (Lipinski definition) is 4. The van der Waals surface area contributed by atoms with Crippen LogP contribution in [0.2, 0.25) is 0 Å². The van der Waals surface area contributed by atoms with Gasteiger partial charge < -0.3 is 10.6 Å². The number of nitrogens with one attached hydrogen (secondary N) is 2. The highest BCUT2D eigenvalue weighted by Crippen LogP contribution is 1.98. The lowest BCUT2D eigenvalue weighted by atomic mass is 10.1. The van der Waals surface area contributed by atoms with Crippen molar-refractivity contribution in [1.29, 1.82) is 0 Å². The van der Waals surface area contributed by atoms with Crippen molar-refractivity contribution in [2.45, 2.75) is 39.7 Å². The molecule has 18 heavy (non-hydrogen) atoms. The molecule has 6 heteroatoms. The highest BCUT2D eigenvalue weighted by molar-refractivity contribution is 7.88. The topological polar surface area (TPSA) is 61.4 Å². The maximum absolute atomic E-state index is 11.3. The predicted octanol–water partition coefficient (Wildman–Crippen LogP) is 0.636. The molecule has 0 aromatic carbocycles. The average Bonchev–Trinajstić information content (AvgIpc) is 2.18. The quantitative estimate of drug-likeness (QED) is 0.608. The van der Waals surface area contributed by atoms with Crippen molar-refractivity contribution in [2.75, 3.05) is 39.0 Å². The number of sulfonamides is 1. The second-order valence-corrected chi connectivity index (χ2v) is 7.52. The van der Waals surface area contributed by atoms with E-state index in [2.05, 4.69) is 31.4 Å².